The van der Waals surface area contributed by atoms with Crippen molar-refractivity contribution < 1.29 is 9.72 Å². The zero-order valence-corrected chi connectivity index (χ0v) is 13.0. The second-order valence-corrected chi connectivity index (χ2v) is 6.81. The Bertz CT molecular complexity index is 739. The van der Waals surface area contributed by atoms with Gasteiger partial charge in [0.2, 0.25) is 0 Å². The van der Waals surface area contributed by atoms with Crippen molar-refractivity contribution in [3.05, 3.63) is 55.8 Å². The highest BCUT2D eigenvalue weighted by atomic mass is 32.1. The quantitative estimate of drug-likeness (QED) is 0.686. The van der Waals surface area contributed by atoms with Crippen LogP contribution in [-0.4, -0.2) is 10.8 Å². The Kier molecular flexibility index (Phi) is 3.94. The highest BCUT2D eigenvalue weighted by Gasteiger charge is 2.21. The number of hydrogen-bond donors (Lipinski definition) is 1. The molecular weight excluding hydrogens is 300 g/mol. The van der Waals surface area contributed by atoms with Gasteiger partial charge in [-0.2, -0.15) is 0 Å². The van der Waals surface area contributed by atoms with Crippen molar-refractivity contribution in [2.45, 2.75) is 26.2 Å². The molecule has 0 saturated carbocycles. The number of carbonyl (C=O) groups is 1. The van der Waals surface area contributed by atoms with E-state index in [0.29, 0.717) is 16.5 Å². The van der Waals surface area contributed by atoms with Crippen LogP contribution in [-0.2, 0) is 12.8 Å². The summed E-state index contributed by atoms with van der Waals surface area (Å²) in [5.74, 6) is 0.460. The van der Waals surface area contributed by atoms with Crippen LogP contribution in [0.15, 0.2) is 30.3 Å². The fourth-order valence-corrected chi connectivity index (χ4v) is 3.81. The maximum atomic E-state index is 12.3. The molecular formula is C16H16N2O3S. The molecule has 2 aromatic rings. The highest BCUT2D eigenvalue weighted by molar-refractivity contribution is 7.14. The molecule has 3 rings (SSSR count). The molecule has 1 N–H and O–H groups in total. The number of non-ortho nitro benzene ring substituents is 1. The first-order valence-electron chi connectivity index (χ1n) is 7.20. The molecule has 1 aromatic carbocycles. The summed E-state index contributed by atoms with van der Waals surface area (Å²) in [6.45, 7) is 2.23. The fourth-order valence-electron chi connectivity index (χ4n) is 2.71. The number of rotatable bonds is 3. The second-order valence-electron chi connectivity index (χ2n) is 5.67. The van der Waals surface area contributed by atoms with Crippen molar-refractivity contribution in [1.82, 2.24) is 0 Å². The van der Waals surface area contributed by atoms with Gasteiger partial charge in [0, 0.05) is 22.7 Å². The van der Waals surface area contributed by atoms with Crippen molar-refractivity contribution in [3.8, 4) is 0 Å². The molecule has 1 atom stereocenters. The van der Waals surface area contributed by atoms with E-state index in [0.717, 1.165) is 12.8 Å². The van der Waals surface area contributed by atoms with Gasteiger partial charge >= 0.3 is 0 Å². The lowest BCUT2D eigenvalue weighted by atomic mass is 9.90. The molecule has 0 spiro atoms. The van der Waals surface area contributed by atoms with E-state index in [1.807, 2.05) is 6.07 Å². The smallest absolute Gasteiger partial charge is 0.271 e. The monoisotopic (exact) mass is 316 g/mol. The van der Waals surface area contributed by atoms with Gasteiger partial charge in [0.15, 0.2) is 0 Å². The molecule has 6 heteroatoms. The summed E-state index contributed by atoms with van der Waals surface area (Å²) in [6.07, 6.45) is 3.22. The van der Waals surface area contributed by atoms with E-state index in [9.17, 15) is 14.9 Å². The van der Waals surface area contributed by atoms with Crippen LogP contribution < -0.4 is 5.32 Å². The lowest BCUT2D eigenvalue weighted by Gasteiger charge is -2.16. The average molecular weight is 316 g/mol. The molecule has 0 fully saturated rings. The third-order valence-corrected chi connectivity index (χ3v) is 5.10. The van der Waals surface area contributed by atoms with Gasteiger partial charge in [-0.15, -0.1) is 11.3 Å². The van der Waals surface area contributed by atoms with Crippen molar-refractivity contribution in [1.29, 1.82) is 0 Å². The largest absolute Gasteiger partial charge is 0.321 e. The van der Waals surface area contributed by atoms with Gasteiger partial charge in [-0.05, 0) is 42.9 Å². The van der Waals surface area contributed by atoms with Crippen molar-refractivity contribution in [2.24, 2.45) is 5.92 Å². The lowest BCUT2D eigenvalue weighted by Crippen LogP contribution is -2.10. The van der Waals surface area contributed by atoms with E-state index in [1.165, 1.54) is 40.3 Å². The van der Waals surface area contributed by atoms with Gasteiger partial charge in [-0.25, -0.2) is 0 Å². The predicted molar refractivity (Wildman–Crippen MR) is 86.6 cm³/mol. The number of nitro groups is 1. The second kappa shape index (κ2) is 5.88. The van der Waals surface area contributed by atoms with Gasteiger partial charge in [-0.1, -0.05) is 13.0 Å². The molecule has 0 saturated heterocycles. The topological polar surface area (TPSA) is 72.2 Å². The van der Waals surface area contributed by atoms with Crippen LogP contribution in [0.4, 0.5) is 11.4 Å². The Morgan fingerprint density at radius 3 is 3.00 bits per heavy atom. The minimum Gasteiger partial charge on any atom is -0.321 e. The number of nitrogens with one attached hydrogen (secondary N) is 1. The number of amides is 1. The summed E-state index contributed by atoms with van der Waals surface area (Å²) < 4.78 is 0. The Labute approximate surface area is 132 Å². The summed E-state index contributed by atoms with van der Waals surface area (Å²) >= 11 is 1.53. The molecule has 1 aliphatic rings. The minimum absolute atomic E-state index is 0.0305. The van der Waals surface area contributed by atoms with Crippen molar-refractivity contribution in [2.75, 3.05) is 5.32 Å². The number of nitrogens with zero attached hydrogens (tertiary/aromatic N) is 1. The van der Waals surface area contributed by atoms with E-state index < -0.39 is 4.92 Å². The Balaban J connectivity index is 1.77. The number of aryl methyl sites for hydroxylation is 1. The van der Waals surface area contributed by atoms with Gasteiger partial charge in [0.1, 0.15) is 0 Å². The van der Waals surface area contributed by atoms with E-state index in [4.69, 9.17) is 0 Å². The predicted octanol–water partition coefficient (Wildman–Crippen LogP) is 4.03. The van der Waals surface area contributed by atoms with Crippen molar-refractivity contribution in [3.63, 3.8) is 0 Å². The van der Waals surface area contributed by atoms with Gasteiger partial charge < -0.3 is 5.32 Å². The van der Waals surface area contributed by atoms with Crippen LogP contribution in [0.5, 0.6) is 0 Å². The van der Waals surface area contributed by atoms with Crippen LogP contribution in [0.2, 0.25) is 0 Å². The highest BCUT2D eigenvalue weighted by Crippen LogP contribution is 2.32. The van der Waals surface area contributed by atoms with Gasteiger partial charge in [-0.3, -0.25) is 14.9 Å². The Morgan fingerprint density at radius 2 is 2.23 bits per heavy atom. The van der Waals surface area contributed by atoms with E-state index >= 15 is 0 Å². The zero-order chi connectivity index (χ0) is 15.7. The normalized spacial score (nSPS) is 16.9. The van der Waals surface area contributed by atoms with Crippen LogP contribution >= 0.6 is 11.3 Å². The first-order valence-corrected chi connectivity index (χ1v) is 8.02. The molecule has 114 valence electrons. The summed E-state index contributed by atoms with van der Waals surface area (Å²) in [7, 11) is 0. The molecule has 1 heterocycles. The summed E-state index contributed by atoms with van der Waals surface area (Å²) in [6, 6.07) is 7.95. The fraction of sp³-hybridized carbons (Fsp3) is 0.312. The van der Waals surface area contributed by atoms with Crippen LogP contribution in [0.25, 0.3) is 0 Å². The Hall–Kier alpha value is -2.21. The van der Waals surface area contributed by atoms with Crippen LogP contribution in [0, 0.1) is 16.0 Å². The maximum absolute atomic E-state index is 12.3. The SMILES string of the molecule is CC1CCc2sc(C(=O)Nc3cccc([N+](=O)[O-])c3)cc2C1. The minimum atomic E-state index is -0.471. The zero-order valence-electron chi connectivity index (χ0n) is 12.2. The Morgan fingerprint density at radius 1 is 1.41 bits per heavy atom. The number of hydrogen-bond acceptors (Lipinski definition) is 4. The van der Waals surface area contributed by atoms with Gasteiger partial charge in [0.25, 0.3) is 11.6 Å². The number of fused-ring (bicyclic) bond motifs is 1. The third kappa shape index (κ3) is 3.01. The molecule has 1 aliphatic carbocycles. The number of thiophene rings is 1. The number of carbonyl (C=O) groups excluding carboxylic acids is 1. The average Bonchev–Trinajstić information content (AvgIpc) is 2.90. The lowest BCUT2D eigenvalue weighted by molar-refractivity contribution is -0.384. The molecule has 1 aromatic heterocycles. The van der Waals surface area contributed by atoms with E-state index in [1.54, 1.807) is 12.1 Å². The summed E-state index contributed by atoms with van der Waals surface area (Å²) in [5.41, 5.74) is 1.68. The maximum Gasteiger partial charge on any atom is 0.271 e. The molecule has 0 aliphatic heterocycles. The number of anilines is 1. The third-order valence-electron chi connectivity index (χ3n) is 3.87. The van der Waals surface area contributed by atoms with E-state index in [-0.39, 0.29) is 11.6 Å². The number of nitro benzene ring substituents is 1. The van der Waals surface area contributed by atoms with E-state index in [2.05, 4.69) is 12.2 Å². The van der Waals surface area contributed by atoms with Crippen LogP contribution in [0.1, 0.15) is 33.5 Å². The summed E-state index contributed by atoms with van der Waals surface area (Å²) in [5, 5.41) is 13.5. The first kappa shape index (κ1) is 14.7. The molecule has 0 bridgehead atoms. The molecule has 1 amide bonds. The first-order chi connectivity index (χ1) is 10.5. The molecule has 0 radical (unpaired) electrons. The molecule has 5 nitrogen and oxygen atoms in total. The van der Waals surface area contributed by atoms with Crippen LogP contribution in [0.3, 0.4) is 0 Å². The molecule has 22 heavy (non-hydrogen) atoms. The number of benzene rings is 1. The molecule has 1 unspecified atom stereocenters. The van der Waals surface area contributed by atoms with Gasteiger partial charge in [0.05, 0.1) is 9.80 Å². The summed E-state index contributed by atoms with van der Waals surface area (Å²) in [4.78, 5) is 24.6. The van der Waals surface area contributed by atoms with Crippen molar-refractivity contribution >= 4 is 28.6 Å². The standard InChI is InChI=1S/C16H16N2O3S/c1-10-5-6-14-11(7-10)8-15(22-14)16(19)17-12-3-2-4-13(9-12)18(20)21/h2-4,8-10H,5-7H2,1H3,(H,17,19).